The molecule has 2 amide bonds. The average molecular weight is 695 g/mol. The SMILES string of the molecule is CC(=O)Nc1ccc(S(=O)(=O)N(CC(C)C)C[C@@H](N)[C@H](Cc2ccc(OCc3ccccc3)cc2)NC(=O)O[C@H]2CO[C@H]3OCC[C@H]32)cc1. The lowest BCUT2D eigenvalue weighted by atomic mass is 9.99. The van der Waals surface area contributed by atoms with Gasteiger partial charge in [0.25, 0.3) is 0 Å². The molecule has 3 aromatic carbocycles. The molecule has 0 saturated carbocycles. The van der Waals surface area contributed by atoms with Crippen molar-refractivity contribution in [1.82, 2.24) is 9.62 Å². The highest BCUT2D eigenvalue weighted by Gasteiger charge is 2.44. The Bertz CT molecular complexity index is 1640. The molecule has 0 spiro atoms. The van der Waals surface area contributed by atoms with Crippen molar-refractivity contribution < 1.29 is 37.0 Å². The van der Waals surface area contributed by atoms with Crippen LogP contribution in [-0.2, 0) is 42.1 Å². The lowest BCUT2D eigenvalue weighted by Gasteiger charge is -2.31. The van der Waals surface area contributed by atoms with Crippen molar-refractivity contribution >= 4 is 27.7 Å². The summed E-state index contributed by atoms with van der Waals surface area (Å²) >= 11 is 0. The van der Waals surface area contributed by atoms with Gasteiger partial charge in [0, 0.05) is 31.7 Å². The van der Waals surface area contributed by atoms with Crippen molar-refractivity contribution in [3.63, 3.8) is 0 Å². The Morgan fingerprint density at radius 3 is 2.35 bits per heavy atom. The highest BCUT2D eigenvalue weighted by molar-refractivity contribution is 7.89. The van der Waals surface area contributed by atoms with Crippen LogP contribution >= 0.6 is 0 Å². The summed E-state index contributed by atoms with van der Waals surface area (Å²) in [5.41, 5.74) is 9.19. The first kappa shape index (κ1) is 36.3. The Morgan fingerprint density at radius 2 is 1.67 bits per heavy atom. The Morgan fingerprint density at radius 1 is 0.959 bits per heavy atom. The van der Waals surface area contributed by atoms with E-state index >= 15 is 0 Å². The molecule has 49 heavy (non-hydrogen) atoms. The molecule has 0 aliphatic carbocycles. The van der Waals surface area contributed by atoms with Gasteiger partial charge < -0.3 is 35.3 Å². The zero-order chi connectivity index (χ0) is 35.0. The monoisotopic (exact) mass is 694 g/mol. The average Bonchev–Trinajstić information content (AvgIpc) is 3.69. The van der Waals surface area contributed by atoms with Crippen LogP contribution in [0.4, 0.5) is 10.5 Å². The van der Waals surface area contributed by atoms with Gasteiger partial charge in [-0.25, -0.2) is 13.2 Å². The number of hydrogen-bond acceptors (Lipinski definition) is 9. The van der Waals surface area contributed by atoms with Gasteiger partial charge in [0.1, 0.15) is 18.5 Å². The van der Waals surface area contributed by atoms with Crippen LogP contribution < -0.4 is 21.1 Å². The second-order valence-corrected chi connectivity index (χ2v) is 14.9. The number of nitrogens with one attached hydrogen (secondary N) is 2. The topological polar surface area (TPSA) is 159 Å². The smallest absolute Gasteiger partial charge is 0.407 e. The zero-order valence-electron chi connectivity index (χ0n) is 28.1. The molecule has 2 fully saturated rings. The molecular weight excluding hydrogens is 648 g/mol. The van der Waals surface area contributed by atoms with Crippen LogP contribution in [-0.4, -0.2) is 75.5 Å². The second kappa shape index (κ2) is 16.6. The van der Waals surface area contributed by atoms with Crippen molar-refractivity contribution in [1.29, 1.82) is 0 Å². The summed E-state index contributed by atoms with van der Waals surface area (Å²) in [5, 5.41) is 5.58. The minimum absolute atomic E-state index is 0.00984. The number of ether oxygens (including phenoxy) is 4. The molecule has 2 aliphatic heterocycles. The third kappa shape index (κ3) is 10.0. The van der Waals surface area contributed by atoms with Crippen LogP contribution in [0, 0.1) is 11.8 Å². The molecule has 5 atom stereocenters. The van der Waals surface area contributed by atoms with E-state index in [1.807, 2.05) is 68.4 Å². The summed E-state index contributed by atoms with van der Waals surface area (Å²) in [6.07, 6.45) is -0.439. The fraction of sp³-hybridized carbons (Fsp3) is 0.444. The molecule has 2 heterocycles. The highest BCUT2D eigenvalue weighted by atomic mass is 32.2. The number of fused-ring (bicyclic) bond motifs is 1. The van der Waals surface area contributed by atoms with E-state index in [2.05, 4.69) is 10.6 Å². The lowest BCUT2D eigenvalue weighted by Crippen LogP contribution is -2.55. The zero-order valence-corrected chi connectivity index (χ0v) is 28.9. The van der Waals surface area contributed by atoms with Gasteiger partial charge in [-0.2, -0.15) is 4.31 Å². The first-order valence-electron chi connectivity index (χ1n) is 16.6. The van der Waals surface area contributed by atoms with E-state index < -0.39 is 34.3 Å². The molecule has 0 aromatic heterocycles. The third-order valence-electron chi connectivity index (χ3n) is 8.49. The van der Waals surface area contributed by atoms with E-state index in [4.69, 9.17) is 24.7 Å². The minimum atomic E-state index is -3.98. The molecular formula is C36H46N4O8S. The van der Waals surface area contributed by atoms with Crippen LogP contribution in [0.3, 0.4) is 0 Å². The van der Waals surface area contributed by atoms with Crippen molar-refractivity contribution in [3.05, 3.63) is 90.0 Å². The molecule has 264 valence electrons. The largest absolute Gasteiger partial charge is 0.489 e. The van der Waals surface area contributed by atoms with Gasteiger partial charge >= 0.3 is 6.09 Å². The molecule has 2 saturated heterocycles. The summed E-state index contributed by atoms with van der Waals surface area (Å²) in [6.45, 7) is 6.58. The summed E-state index contributed by atoms with van der Waals surface area (Å²) in [5.74, 6) is 0.384. The number of carbonyl (C=O) groups is 2. The maximum Gasteiger partial charge on any atom is 0.407 e. The minimum Gasteiger partial charge on any atom is -0.489 e. The fourth-order valence-electron chi connectivity index (χ4n) is 6.00. The summed E-state index contributed by atoms with van der Waals surface area (Å²) < 4.78 is 52.1. The Labute approximate surface area is 288 Å². The fourth-order valence-corrected chi connectivity index (χ4v) is 7.64. The normalized spacial score (nSPS) is 20.1. The number of benzene rings is 3. The number of nitrogens with two attached hydrogens (primary N) is 1. The number of anilines is 1. The van der Waals surface area contributed by atoms with Gasteiger partial charge in [0.05, 0.1) is 30.1 Å². The van der Waals surface area contributed by atoms with Crippen molar-refractivity contribution in [2.24, 2.45) is 17.6 Å². The molecule has 0 radical (unpaired) electrons. The van der Waals surface area contributed by atoms with Gasteiger partial charge in [-0.15, -0.1) is 0 Å². The molecule has 12 nitrogen and oxygen atoms in total. The van der Waals surface area contributed by atoms with E-state index in [0.29, 0.717) is 31.1 Å². The molecule has 3 aromatic rings. The van der Waals surface area contributed by atoms with E-state index in [9.17, 15) is 18.0 Å². The number of nitrogens with zero attached hydrogens (tertiary/aromatic N) is 1. The van der Waals surface area contributed by atoms with Gasteiger partial charge in [0.2, 0.25) is 15.9 Å². The molecule has 5 rings (SSSR count). The van der Waals surface area contributed by atoms with Gasteiger partial charge in [-0.05, 0) is 66.3 Å². The first-order chi connectivity index (χ1) is 23.5. The maximum atomic E-state index is 13.9. The third-order valence-corrected chi connectivity index (χ3v) is 10.3. The van der Waals surface area contributed by atoms with Crippen LogP contribution in [0.15, 0.2) is 83.8 Å². The Kier molecular flexibility index (Phi) is 12.3. The summed E-state index contributed by atoms with van der Waals surface area (Å²) in [7, 11) is -3.98. The van der Waals surface area contributed by atoms with Gasteiger partial charge in [0.15, 0.2) is 6.29 Å². The number of carbonyl (C=O) groups excluding carboxylic acids is 2. The van der Waals surface area contributed by atoms with E-state index in [-0.39, 0.29) is 48.6 Å². The Hall–Kier alpha value is -4.01. The second-order valence-electron chi connectivity index (χ2n) is 12.9. The molecule has 4 N–H and O–H groups in total. The predicted molar refractivity (Wildman–Crippen MR) is 184 cm³/mol. The number of sulfonamides is 1. The van der Waals surface area contributed by atoms with Gasteiger partial charge in [-0.3, -0.25) is 4.79 Å². The quantitative estimate of drug-likeness (QED) is 0.211. The first-order valence-corrected chi connectivity index (χ1v) is 18.0. The molecule has 0 bridgehead atoms. The number of alkyl carbamates (subject to hydrolysis) is 1. The number of hydrogen-bond donors (Lipinski definition) is 3. The maximum absolute atomic E-state index is 13.9. The molecule has 13 heteroatoms. The summed E-state index contributed by atoms with van der Waals surface area (Å²) in [4.78, 5) is 24.8. The van der Waals surface area contributed by atoms with Crippen LogP contribution in [0.5, 0.6) is 5.75 Å². The molecule has 0 unspecified atom stereocenters. The van der Waals surface area contributed by atoms with E-state index in [0.717, 1.165) is 17.5 Å². The van der Waals surface area contributed by atoms with E-state index in [1.165, 1.54) is 23.4 Å². The Balaban J connectivity index is 1.32. The van der Waals surface area contributed by atoms with Crippen molar-refractivity contribution in [2.75, 3.05) is 31.6 Å². The summed E-state index contributed by atoms with van der Waals surface area (Å²) in [6, 6.07) is 21.9. The van der Waals surface area contributed by atoms with Crippen molar-refractivity contribution in [2.45, 2.75) is 69.6 Å². The van der Waals surface area contributed by atoms with Crippen LogP contribution in [0.2, 0.25) is 0 Å². The predicted octanol–water partition coefficient (Wildman–Crippen LogP) is 4.30. The van der Waals surface area contributed by atoms with Crippen molar-refractivity contribution in [3.8, 4) is 5.75 Å². The standard InChI is InChI=1S/C36H46N4O8S/c1-24(2)20-40(49(43,44)30-15-11-28(12-16-30)38-25(3)41)21-32(37)33(39-36(42)48-34-23-47-35-31(34)17-18-45-35)19-26-9-13-29(14-10-26)46-22-27-7-5-4-6-8-27/h4-16,24,31-35H,17-23,37H2,1-3H3,(H,38,41)(H,39,42)/t31-,32+,33-,34-,35+/m0/s1. The van der Waals surface area contributed by atoms with Crippen LogP contribution in [0.1, 0.15) is 38.3 Å². The highest BCUT2D eigenvalue weighted by Crippen LogP contribution is 2.33. The van der Waals surface area contributed by atoms with Gasteiger partial charge in [-0.1, -0.05) is 56.3 Å². The number of rotatable bonds is 15. The molecule has 2 aliphatic rings. The van der Waals surface area contributed by atoms with Crippen LogP contribution in [0.25, 0.3) is 0 Å². The number of amides is 2. The van der Waals surface area contributed by atoms with E-state index in [1.54, 1.807) is 12.1 Å². The lowest BCUT2D eigenvalue weighted by molar-refractivity contribution is -0.114.